The van der Waals surface area contributed by atoms with E-state index in [0.717, 1.165) is 18.2 Å². The Labute approximate surface area is 95.8 Å². The van der Waals surface area contributed by atoms with Crippen molar-refractivity contribution in [2.45, 2.75) is 49.9 Å². The summed E-state index contributed by atoms with van der Waals surface area (Å²) in [5, 5.41) is 0.768. The van der Waals surface area contributed by atoms with E-state index in [-0.39, 0.29) is 11.9 Å². The summed E-state index contributed by atoms with van der Waals surface area (Å²) in [6.07, 6.45) is 4.47. The van der Waals surface area contributed by atoms with Crippen LogP contribution in [0.5, 0.6) is 0 Å². The molecule has 2 rings (SSSR count). The van der Waals surface area contributed by atoms with Crippen molar-refractivity contribution in [3.63, 3.8) is 0 Å². The highest BCUT2D eigenvalue weighted by atomic mass is 32.2. The van der Waals surface area contributed by atoms with Gasteiger partial charge < -0.3 is 10.6 Å². The molecule has 0 aromatic rings. The molecule has 1 aliphatic heterocycles. The third-order valence-corrected chi connectivity index (χ3v) is 4.71. The molecule has 0 aromatic heterocycles. The summed E-state index contributed by atoms with van der Waals surface area (Å²) >= 11 is 2.03. The SMILES string of the molecule is CCSC1CCC(N2CCC(N)C2=O)C1. The van der Waals surface area contributed by atoms with Crippen molar-refractivity contribution >= 4 is 17.7 Å². The topological polar surface area (TPSA) is 46.3 Å². The molecule has 2 N–H and O–H groups in total. The zero-order valence-electron chi connectivity index (χ0n) is 9.32. The molecular formula is C11H20N2OS. The van der Waals surface area contributed by atoms with Crippen LogP contribution < -0.4 is 5.73 Å². The van der Waals surface area contributed by atoms with Crippen molar-refractivity contribution in [2.75, 3.05) is 12.3 Å². The standard InChI is InChI=1S/C11H20N2OS/c1-2-15-9-4-3-8(7-9)13-6-5-10(12)11(13)14/h8-10H,2-7,12H2,1H3. The van der Waals surface area contributed by atoms with E-state index in [1.165, 1.54) is 25.0 Å². The van der Waals surface area contributed by atoms with Gasteiger partial charge in [0.1, 0.15) is 0 Å². The van der Waals surface area contributed by atoms with Crippen LogP contribution in [0.1, 0.15) is 32.6 Å². The molecule has 3 atom stereocenters. The summed E-state index contributed by atoms with van der Waals surface area (Å²) < 4.78 is 0. The summed E-state index contributed by atoms with van der Waals surface area (Å²) in [5.41, 5.74) is 5.73. The number of amides is 1. The van der Waals surface area contributed by atoms with Crippen LogP contribution in [0.25, 0.3) is 0 Å². The Hall–Kier alpha value is -0.220. The Morgan fingerprint density at radius 2 is 2.27 bits per heavy atom. The first-order valence-electron chi connectivity index (χ1n) is 5.90. The van der Waals surface area contributed by atoms with Crippen molar-refractivity contribution in [1.82, 2.24) is 4.90 Å². The summed E-state index contributed by atoms with van der Waals surface area (Å²) in [7, 11) is 0. The van der Waals surface area contributed by atoms with E-state index in [1.54, 1.807) is 0 Å². The van der Waals surface area contributed by atoms with Crippen LogP contribution in [0.3, 0.4) is 0 Å². The number of likely N-dealkylation sites (tertiary alicyclic amines) is 1. The fourth-order valence-corrected chi connectivity index (χ4v) is 3.81. The normalized spacial score (nSPS) is 36.5. The van der Waals surface area contributed by atoms with Gasteiger partial charge in [0.25, 0.3) is 0 Å². The molecule has 1 heterocycles. The van der Waals surface area contributed by atoms with Crippen molar-refractivity contribution < 1.29 is 4.79 Å². The Morgan fingerprint density at radius 3 is 2.87 bits per heavy atom. The van der Waals surface area contributed by atoms with Gasteiger partial charge in [-0.1, -0.05) is 6.92 Å². The van der Waals surface area contributed by atoms with Crippen LogP contribution >= 0.6 is 11.8 Å². The number of nitrogens with two attached hydrogens (primary N) is 1. The average Bonchev–Trinajstić information content (AvgIpc) is 2.77. The molecule has 0 radical (unpaired) electrons. The molecule has 1 saturated carbocycles. The van der Waals surface area contributed by atoms with Gasteiger partial charge in [-0.2, -0.15) is 11.8 Å². The number of hydrogen-bond donors (Lipinski definition) is 1. The van der Waals surface area contributed by atoms with E-state index in [2.05, 4.69) is 6.92 Å². The summed E-state index contributed by atoms with van der Waals surface area (Å²) in [6.45, 7) is 3.09. The Balaban J connectivity index is 1.88. The lowest BCUT2D eigenvalue weighted by Crippen LogP contribution is -2.39. The van der Waals surface area contributed by atoms with Gasteiger partial charge in [-0.15, -0.1) is 0 Å². The average molecular weight is 228 g/mol. The Kier molecular flexibility index (Phi) is 3.57. The van der Waals surface area contributed by atoms with Crippen LogP contribution in [0.2, 0.25) is 0 Å². The fraction of sp³-hybridized carbons (Fsp3) is 0.909. The first-order chi connectivity index (χ1) is 7.22. The lowest BCUT2D eigenvalue weighted by atomic mass is 10.2. The molecule has 4 heteroatoms. The molecule has 1 saturated heterocycles. The monoisotopic (exact) mass is 228 g/mol. The molecular weight excluding hydrogens is 208 g/mol. The number of thioether (sulfide) groups is 1. The second-order valence-electron chi connectivity index (χ2n) is 4.47. The van der Waals surface area contributed by atoms with Gasteiger partial charge in [-0.25, -0.2) is 0 Å². The lowest BCUT2D eigenvalue weighted by molar-refractivity contribution is -0.130. The molecule has 0 bridgehead atoms. The maximum Gasteiger partial charge on any atom is 0.239 e. The maximum atomic E-state index is 11.8. The smallest absolute Gasteiger partial charge is 0.239 e. The van der Waals surface area contributed by atoms with E-state index in [4.69, 9.17) is 5.73 Å². The van der Waals surface area contributed by atoms with Gasteiger partial charge in [0.15, 0.2) is 0 Å². The minimum absolute atomic E-state index is 0.183. The minimum atomic E-state index is -0.220. The van der Waals surface area contributed by atoms with Gasteiger partial charge in [-0.3, -0.25) is 4.79 Å². The zero-order chi connectivity index (χ0) is 10.8. The van der Waals surface area contributed by atoms with E-state index in [0.29, 0.717) is 6.04 Å². The number of carbonyl (C=O) groups excluding carboxylic acids is 1. The predicted octanol–water partition coefficient (Wildman–Crippen LogP) is 1.22. The molecule has 1 aliphatic carbocycles. The number of carbonyl (C=O) groups is 1. The van der Waals surface area contributed by atoms with Gasteiger partial charge in [0.05, 0.1) is 6.04 Å². The molecule has 15 heavy (non-hydrogen) atoms. The van der Waals surface area contributed by atoms with Crippen LogP contribution in [-0.4, -0.2) is 40.4 Å². The van der Waals surface area contributed by atoms with E-state index in [9.17, 15) is 4.79 Å². The quantitative estimate of drug-likeness (QED) is 0.790. The number of hydrogen-bond acceptors (Lipinski definition) is 3. The van der Waals surface area contributed by atoms with Crippen LogP contribution in [0.15, 0.2) is 0 Å². The molecule has 3 unspecified atom stereocenters. The van der Waals surface area contributed by atoms with Gasteiger partial charge in [0.2, 0.25) is 5.91 Å². The van der Waals surface area contributed by atoms with Crippen molar-refractivity contribution in [3.05, 3.63) is 0 Å². The Morgan fingerprint density at radius 1 is 1.47 bits per heavy atom. The van der Waals surface area contributed by atoms with Gasteiger partial charge in [0, 0.05) is 17.8 Å². The molecule has 0 spiro atoms. The highest BCUT2D eigenvalue weighted by molar-refractivity contribution is 7.99. The maximum absolute atomic E-state index is 11.8. The molecule has 3 nitrogen and oxygen atoms in total. The van der Waals surface area contributed by atoms with Crippen LogP contribution in [0, 0.1) is 0 Å². The highest BCUT2D eigenvalue weighted by Crippen LogP contribution is 2.34. The third-order valence-electron chi connectivity index (χ3n) is 3.48. The predicted molar refractivity (Wildman–Crippen MR) is 63.9 cm³/mol. The Bertz CT molecular complexity index is 247. The van der Waals surface area contributed by atoms with E-state index < -0.39 is 0 Å². The first-order valence-corrected chi connectivity index (χ1v) is 6.95. The van der Waals surface area contributed by atoms with Gasteiger partial charge >= 0.3 is 0 Å². The molecule has 86 valence electrons. The van der Waals surface area contributed by atoms with E-state index in [1.807, 2.05) is 16.7 Å². The molecule has 2 fully saturated rings. The summed E-state index contributed by atoms with van der Waals surface area (Å²) in [6, 6.07) is 0.262. The first kappa shape index (κ1) is 11.3. The minimum Gasteiger partial charge on any atom is -0.338 e. The van der Waals surface area contributed by atoms with Crippen molar-refractivity contribution in [3.8, 4) is 0 Å². The lowest BCUT2D eigenvalue weighted by Gasteiger charge is -2.24. The number of nitrogens with zero attached hydrogens (tertiary/aromatic N) is 1. The summed E-state index contributed by atoms with van der Waals surface area (Å²) in [5.74, 6) is 1.37. The highest BCUT2D eigenvalue weighted by Gasteiger charge is 2.37. The largest absolute Gasteiger partial charge is 0.338 e. The molecule has 1 amide bonds. The van der Waals surface area contributed by atoms with Gasteiger partial charge in [-0.05, 0) is 31.4 Å². The molecule has 2 aliphatic rings. The van der Waals surface area contributed by atoms with Crippen molar-refractivity contribution in [2.24, 2.45) is 5.73 Å². The second kappa shape index (κ2) is 4.74. The van der Waals surface area contributed by atoms with Crippen LogP contribution in [-0.2, 0) is 4.79 Å². The van der Waals surface area contributed by atoms with E-state index >= 15 is 0 Å². The fourth-order valence-electron chi connectivity index (χ4n) is 2.67. The summed E-state index contributed by atoms with van der Waals surface area (Å²) in [4.78, 5) is 13.8. The third kappa shape index (κ3) is 2.31. The second-order valence-corrected chi connectivity index (χ2v) is 6.05. The molecule has 0 aromatic carbocycles. The number of rotatable bonds is 3. The van der Waals surface area contributed by atoms with Crippen molar-refractivity contribution in [1.29, 1.82) is 0 Å². The van der Waals surface area contributed by atoms with Crippen LogP contribution in [0.4, 0.5) is 0 Å². The zero-order valence-corrected chi connectivity index (χ0v) is 10.1.